The lowest BCUT2D eigenvalue weighted by atomic mass is 9.96. The number of aliphatic hydroxyl groups is 2. The van der Waals surface area contributed by atoms with Crippen molar-refractivity contribution in [3.63, 3.8) is 0 Å². The fourth-order valence-corrected chi connectivity index (χ4v) is 4.71. The summed E-state index contributed by atoms with van der Waals surface area (Å²) in [4.78, 5) is 89.2. The highest BCUT2D eigenvalue weighted by Crippen LogP contribution is 2.25. The number of benzene rings is 1. The quantitative estimate of drug-likeness (QED) is 0.130. The van der Waals surface area contributed by atoms with Gasteiger partial charge in [-0.1, -0.05) is 0 Å². The van der Waals surface area contributed by atoms with E-state index in [1.165, 1.54) is 0 Å². The number of carbonyl (C=O) groups excluding carboxylic acids is 2. The smallest absolute Gasteiger partial charge is 0.336 e. The normalized spacial score (nSPS) is 14.6. The number of likely N-dealkylation sites (tertiary alicyclic amines) is 1. The monoisotopic (exact) mass is 685 g/mol. The van der Waals surface area contributed by atoms with E-state index in [-0.39, 0.29) is 11.8 Å². The molecular formula is C29H39N3O16. The first kappa shape index (κ1) is 40.9. The molecule has 0 aromatic heterocycles. The Morgan fingerprint density at radius 1 is 0.750 bits per heavy atom. The summed E-state index contributed by atoms with van der Waals surface area (Å²) in [6.45, 7) is 1.63. The van der Waals surface area contributed by atoms with Gasteiger partial charge in [0.25, 0.3) is 5.91 Å². The molecule has 0 unspecified atom stereocenters. The number of carboxylic acids is 6. The number of carboxylic acid groups (broad SMARTS) is 6. The highest BCUT2D eigenvalue weighted by Gasteiger charge is 2.41. The summed E-state index contributed by atoms with van der Waals surface area (Å²) in [5.74, 6) is -9.88. The predicted molar refractivity (Wildman–Crippen MR) is 160 cm³/mol. The molecule has 0 bridgehead atoms. The van der Waals surface area contributed by atoms with Crippen LogP contribution in [0.25, 0.3) is 0 Å². The molecule has 3 rings (SSSR count). The molecule has 2 amide bonds. The third-order valence-electron chi connectivity index (χ3n) is 7.30. The van der Waals surface area contributed by atoms with Crippen LogP contribution in [0, 0.1) is 0 Å². The van der Waals surface area contributed by atoms with Gasteiger partial charge in [0.2, 0.25) is 5.91 Å². The molecule has 0 spiro atoms. The van der Waals surface area contributed by atoms with Gasteiger partial charge in [0.05, 0.1) is 25.7 Å². The number of fused-ring (bicyclic) bond motifs is 1. The van der Waals surface area contributed by atoms with Crippen LogP contribution in [-0.4, -0.2) is 143 Å². The third-order valence-corrected chi connectivity index (χ3v) is 7.30. The summed E-state index contributed by atoms with van der Waals surface area (Å²) >= 11 is 0. The largest absolute Gasteiger partial charge is 0.481 e. The van der Waals surface area contributed by atoms with Crippen molar-refractivity contribution in [2.75, 3.05) is 32.5 Å². The molecule has 9 N–H and O–H groups in total. The van der Waals surface area contributed by atoms with E-state index in [1.807, 2.05) is 23.1 Å². The van der Waals surface area contributed by atoms with E-state index in [4.69, 9.17) is 40.9 Å². The van der Waals surface area contributed by atoms with Crippen LogP contribution in [0.5, 0.6) is 0 Å². The molecule has 1 fully saturated rings. The average molecular weight is 686 g/mol. The Labute approximate surface area is 273 Å². The molecule has 0 atom stereocenters. The summed E-state index contributed by atoms with van der Waals surface area (Å²) in [7, 11) is 4.19. The van der Waals surface area contributed by atoms with Crippen molar-refractivity contribution in [1.29, 1.82) is 0 Å². The maximum atomic E-state index is 12.7. The Bertz CT molecular complexity index is 1320. The minimum absolute atomic E-state index is 0.0531. The van der Waals surface area contributed by atoms with Gasteiger partial charge < -0.3 is 56.0 Å². The Hall–Kier alpha value is -5.14. The Morgan fingerprint density at radius 2 is 1.17 bits per heavy atom. The molecular weight excluding hydrogens is 646 g/mol. The number of rotatable bonds is 12. The first-order valence-corrected chi connectivity index (χ1v) is 14.3. The lowest BCUT2D eigenvalue weighted by molar-refractivity contribution is -0.170. The van der Waals surface area contributed by atoms with Gasteiger partial charge in [-0.05, 0) is 57.1 Å². The Morgan fingerprint density at radius 3 is 1.52 bits per heavy atom. The average Bonchev–Trinajstić information content (AvgIpc) is 2.95. The Kier molecular flexibility index (Phi) is 15.1. The highest BCUT2D eigenvalue weighted by molar-refractivity contribution is 5.98. The lowest BCUT2D eigenvalue weighted by Gasteiger charge is -2.35. The third kappa shape index (κ3) is 12.9. The van der Waals surface area contributed by atoms with Crippen molar-refractivity contribution in [2.24, 2.45) is 0 Å². The molecule has 48 heavy (non-hydrogen) atoms. The summed E-state index contributed by atoms with van der Waals surface area (Å²) in [6, 6.07) is 6.19. The number of aryl methyl sites for hydroxylation is 1. The first-order valence-electron chi connectivity index (χ1n) is 14.3. The van der Waals surface area contributed by atoms with E-state index in [2.05, 4.69) is 24.3 Å². The second-order valence-electron chi connectivity index (χ2n) is 11.4. The molecule has 19 nitrogen and oxygen atoms in total. The van der Waals surface area contributed by atoms with Crippen LogP contribution in [0.4, 0.5) is 5.69 Å². The van der Waals surface area contributed by atoms with Crippen molar-refractivity contribution in [3.05, 3.63) is 29.3 Å². The summed E-state index contributed by atoms with van der Waals surface area (Å²) in [5, 5.41) is 70.5. The zero-order valence-electron chi connectivity index (χ0n) is 26.1. The maximum Gasteiger partial charge on any atom is 0.336 e. The zero-order chi connectivity index (χ0) is 37.0. The van der Waals surface area contributed by atoms with Gasteiger partial charge in [-0.2, -0.15) is 0 Å². The van der Waals surface area contributed by atoms with Crippen LogP contribution in [0.2, 0.25) is 0 Å². The van der Waals surface area contributed by atoms with Crippen LogP contribution < -0.4 is 5.32 Å². The van der Waals surface area contributed by atoms with Gasteiger partial charge in [0.15, 0.2) is 11.2 Å². The minimum atomic E-state index is -2.74. The molecule has 0 radical (unpaired) electrons. The topological polar surface area (TPSA) is 317 Å². The summed E-state index contributed by atoms with van der Waals surface area (Å²) in [6.07, 6.45) is -1.31. The van der Waals surface area contributed by atoms with Gasteiger partial charge in [-0.25, -0.2) is 9.59 Å². The molecule has 266 valence electrons. The number of carbonyl (C=O) groups is 8. The number of nitrogens with zero attached hydrogens (tertiary/aromatic N) is 2. The standard InChI is InChI=1S/C17H23N3O2.2C6H8O7/c1-19(2)14-7-9-20(10-8-14)17(22)13-3-5-15-12(11-13)4-6-16(21)18-15;2*7-3(8)1-6(13,5(11)12)2-4(9)10/h3,5,11,14H,4,6-10H2,1-2H3,(H,18,21);2*13H,1-2H2,(H,7,8)(H,9,10)(H,11,12). The number of anilines is 1. The van der Waals surface area contributed by atoms with Crippen molar-refractivity contribution in [2.45, 2.75) is 68.6 Å². The van der Waals surface area contributed by atoms with E-state index in [9.17, 15) is 38.4 Å². The van der Waals surface area contributed by atoms with Crippen LogP contribution >= 0.6 is 0 Å². The van der Waals surface area contributed by atoms with Crippen LogP contribution in [-0.2, 0) is 40.0 Å². The van der Waals surface area contributed by atoms with Crippen LogP contribution in [0.15, 0.2) is 18.2 Å². The van der Waals surface area contributed by atoms with Crippen LogP contribution in [0.3, 0.4) is 0 Å². The summed E-state index contributed by atoms with van der Waals surface area (Å²) in [5.41, 5.74) is -2.83. The second-order valence-corrected chi connectivity index (χ2v) is 11.4. The van der Waals surface area contributed by atoms with Gasteiger partial charge in [-0.15, -0.1) is 0 Å². The minimum Gasteiger partial charge on any atom is -0.481 e. The van der Waals surface area contributed by atoms with Crippen molar-refractivity contribution < 1.29 is 79.2 Å². The molecule has 0 aliphatic carbocycles. The fourth-order valence-electron chi connectivity index (χ4n) is 4.71. The number of hydrogen-bond acceptors (Lipinski definition) is 11. The number of nitrogens with one attached hydrogen (secondary N) is 1. The van der Waals surface area contributed by atoms with E-state index < -0.39 is 72.7 Å². The molecule has 2 aliphatic rings. The lowest BCUT2D eigenvalue weighted by Crippen LogP contribution is -2.44. The van der Waals surface area contributed by atoms with Crippen molar-refractivity contribution >= 4 is 53.3 Å². The van der Waals surface area contributed by atoms with Gasteiger partial charge in [0, 0.05) is 36.8 Å². The van der Waals surface area contributed by atoms with Crippen molar-refractivity contribution in [3.8, 4) is 0 Å². The molecule has 1 saturated heterocycles. The maximum absolute atomic E-state index is 12.7. The van der Waals surface area contributed by atoms with Crippen molar-refractivity contribution in [1.82, 2.24) is 9.80 Å². The number of aliphatic carboxylic acids is 6. The Balaban J connectivity index is 0.000000386. The molecule has 2 aliphatic heterocycles. The van der Waals surface area contributed by atoms with Gasteiger partial charge >= 0.3 is 35.8 Å². The molecule has 2 heterocycles. The zero-order valence-corrected chi connectivity index (χ0v) is 26.1. The SMILES string of the molecule is CN(C)C1CCN(C(=O)c2ccc3c(c2)CCC(=O)N3)CC1.O=C(O)CC(O)(CC(=O)O)C(=O)O.O=C(O)CC(O)(CC(=O)O)C(=O)O. The summed E-state index contributed by atoms with van der Waals surface area (Å²) < 4.78 is 0. The highest BCUT2D eigenvalue weighted by atomic mass is 16.4. The van der Waals surface area contributed by atoms with Crippen LogP contribution in [0.1, 0.15) is 60.9 Å². The molecule has 1 aromatic rings. The molecule has 1 aromatic carbocycles. The number of amides is 2. The molecule has 19 heteroatoms. The van der Waals surface area contributed by atoms with E-state index >= 15 is 0 Å². The first-order chi connectivity index (χ1) is 22.1. The predicted octanol–water partition coefficient (Wildman–Crippen LogP) is -0.759. The van der Waals surface area contributed by atoms with Gasteiger partial charge in [-0.3, -0.25) is 28.8 Å². The number of hydrogen-bond donors (Lipinski definition) is 9. The molecule has 0 saturated carbocycles. The fraction of sp³-hybridized carbons (Fsp3) is 0.517. The van der Waals surface area contributed by atoms with E-state index in [0.29, 0.717) is 18.9 Å². The van der Waals surface area contributed by atoms with Gasteiger partial charge in [0.1, 0.15) is 0 Å². The van der Waals surface area contributed by atoms with E-state index in [1.54, 1.807) is 0 Å². The van der Waals surface area contributed by atoms with E-state index in [0.717, 1.165) is 42.7 Å². The second kappa shape index (κ2) is 17.7. The number of piperidine rings is 1.